The van der Waals surface area contributed by atoms with Crippen molar-refractivity contribution < 1.29 is 9.47 Å². The molecule has 0 rings (SSSR count). The van der Waals surface area contributed by atoms with Gasteiger partial charge in [-0.15, -0.1) is 0 Å². The van der Waals surface area contributed by atoms with E-state index in [2.05, 4.69) is 20.8 Å². The molecule has 2 heteroatoms. The van der Waals surface area contributed by atoms with Crippen molar-refractivity contribution >= 4 is 0 Å². The Bertz CT molecular complexity index is 102. The van der Waals surface area contributed by atoms with E-state index in [-0.39, 0.29) is 0 Å². The summed E-state index contributed by atoms with van der Waals surface area (Å²) in [5.74, 6) is -0.0187. The summed E-state index contributed by atoms with van der Waals surface area (Å²) >= 11 is 0. The highest BCUT2D eigenvalue weighted by Crippen LogP contribution is 2.21. The van der Waals surface area contributed by atoms with E-state index in [1.807, 2.05) is 6.92 Å². The third kappa shape index (κ3) is 3.21. The molecular formula is C9H20O2. The third-order valence-electron chi connectivity index (χ3n) is 2.05. The predicted molar refractivity (Wildman–Crippen MR) is 46.5 cm³/mol. The molecule has 0 saturated carbocycles. The highest BCUT2D eigenvalue weighted by molar-refractivity contribution is 4.66. The molecular weight excluding hydrogens is 140 g/mol. The van der Waals surface area contributed by atoms with Gasteiger partial charge in [0.1, 0.15) is 0 Å². The molecule has 0 bridgehead atoms. The maximum absolute atomic E-state index is 5.57. The lowest BCUT2D eigenvalue weighted by Crippen LogP contribution is -2.37. The van der Waals surface area contributed by atoms with Crippen LogP contribution in [0.4, 0.5) is 0 Å². The minimum absolute atomic E-state index is 0.388. The Kier molecular flexibility index (Phi) is 4.69. The van der Waals surface area contributed by atoms with Crippen LogP contribution in [0.15, 0.2) is 0 Å². The zero-order valence-corrected chi connectivity index (χ0v) is 8.31. The molecule has 0 aromatic carbocycles. The van der Waals surface area contributed by atoms with Crippen LogP contribution in [0.25, 0.3) is 0 Å². The molecule has 0 N–H and O–H groups in total. The standard InChI is InChI=1S/C9H20O2/c1-6-7-11-9(4,10-5)8(2)3/h8H,6-7H2,1-5H3. The third-order valence-corrected chi connectivity index (χ3v) is 2.05. The predicted octanol–water partition coefficient (Wildman–Crippen LogP) is 2.43. The molecule has 0 aromatic heterocycles. The minimum atomic E-state index is -0.407. The average Bonchev–Trinajstić information content (AvgIpc) is 2.00. The fourth-order valence-electron chi connectivity index (χ4n) is 0.766. The number of hydrogen-bond donors (Lipinski definition) is 0. The number of rotatable bonds is 5. The molecule has 0 aliphatic carbocycles. The van der Waals surface area contributed by atoms with E-state index in [9.17, 15) is 0 Å². The van der Waals surface area contributed by atoms with Gasteiger partial charge in [0.2, 0.25) is 0 Å². The van der Waals surface area contributed by atoms with Crippen molar-refractivity contribution in [1.82, 2.24) is 0 Å². The second kappa shape index (κ2) is 4.73. The minimum Gasteiger partial charge on any atom is -0.353 e. The summed E-state index contributed by atoms with van der Waals surface area (Å²) in [4.78, 5) is 0. The number of ether oxygens (including phenoxy) is 2. The smallest absolute Gasteiger partial charge is 0.167 e. The van der Waals surface area contributed by atoms with Gasteiger partial charge in [-0.2, -0.15) is 0 Å². The van der Waals surface area contributed by atoms with Crippen molar-refractivity contribution in [3.63, 3.8) is 0 Å². The molecule has 1 atom stereocenters. The summed E-state index contributed by atoms with van der Waals surface area (Å²) in [6, 6.07) is 0. The molecule has 11 heavy (non-hydrogen) atoms. The summed E-state index contributed by atoms with van der Waals surface area (Å²) in [6.07, 6.45) is 1.03. The summed E-state index contributed by atoms with van der Waals surface area (Å²) in [6.45, 7) is 9.03. The first-order valence-corrected chi connectivity index (χ1v) is 4.26. The molecule has 1 unspecified atom stereocenters. The normalized spacial score (nSPS) is 16.9. The van der Waals surface area contributed by atoms with Gasteiger partial charge in [0.05, 0.1) is 0 Å². The van der Waals surface area contributed by atoms with Gasteiger partial charge in [-0.1, -0.05) is 20.8 Å². The maximum Gasteiger partial charge on any atom is 0.167 e. The van der Waals surface area contributed by atoms with Gasteiger partial charge in [-0.3, -0.25) is 0 Å². The lowest BCUT2D eigenvalue weighted by Gasteiger charge is -2.32. The summed E-state index contributed by atoms with van der Waals surface area (Å²) in [5, 5.41) is 0. The molecule has 2 nitrogen and oxygen atoms in total. The molecule has 0 aliphatic heterocycles. The fraction of sp³-hybridized carbons (Fsp3) is 1.00. The van der Waals surface area contributed by atoms with E-state index in [0.717, 1.165) is 13.0 Å². The zero-order valence-electron chi connectivity index (χ0n) is 8.31. The molecule has 0 amide bonds. The van der Waals surface area contributed by atoms with Crippen LogP contribution in [0.5, 0.6) is 0 Å². The lowest BCUT2D eigenvalue weighted by molar-refractivity contribution is -0.235. The fourth-order valence-corrected chi connectivity index (χ4v) is 0.766. The molecule has 0 aliphatic rings. The van der Waals surface area contributed by atoms with Gasteiger partial charge in [0.15, 0.2) is 5.79 Å². The van der Waals surface area contributed by atoms with Gasteiger partial charge in [-0.25, -0.2) is 0 Å². The van der Waals surface area contributed by atoms with Gasteiger partial charge < -0.3 is 9.47 Å². The van der Waals surface area contributed by atoms with E-state index in [4.69, 9.17) is 9.47 Å². The number of methoxy groups -OCH3 is 1. The summed E-state index contributed by atoms with van der Waals surface area (Å²) in [5.41, 5.74) is 0. The van der Waals surface area contributed by atoms with Gasteiger partial charge in [0.25, 0.3) is 0 Å². The Labute approximate surface area is 69.9 Å². The highest BCUT2D eigenvalue weighted by Gasteiger charge is 2.27. The van der Waals surface area contributed by atoms with E-state index in [1.54, 1.807) is 7.11 Å². The zero-order chi connectivity index (χ0) is 8.91. The quantitative estimate of drug-likeness (QED) is 0.575. The van der Waals surface area contributed by atoms with Crippen molar-refractivity contribution in [2.75, 3.05) is 13.7 Å². The van der Waals surface area contributed by atoms with E-state index in [0.29, 0.717) is 5.92 Å². The first-order valence-electron chi connectivity index (χ1n) is 4.26. The maximum atomic E-state index is 5.57. The average molecular weight is 160 g/mol. The Hall–Kier alpha value is -0.0800. The van der Waals surface area contributed by atoms with Crippen molar-refractivity contribution in [3.05, 3.63) is 0 Å². The SMILES string of the molecule is CCCOC(C)(OC)C(C)C. The van der Waals surface area contributed by atoms with Gasteiger partial charge >= 0.3 is 0 Å². The van der Waals surface area contributed by atoms with Crippen LogP contribution < -0.4 is 0 Å². The largest absolute Gasteiger partial charge is 0.353 e. The van der Waals surface area contributed by atoms with Crippen molar-refractivity contribution in [2.45, 2.75) is 39.9 Å². The molecule has 0 heterocycles. The summed E-state index contributed by atoms with van der Waals surface area (Å²) in [7, 11) is 1.69. The van der Waals surface area contributed by atoms with Crippen LogP contribution in [0.3, 0.4) is 0 Å². The molecule has 0 radical (unpaired) electrons. The monoisotopic (exact) mass is 160 g/mol. The van der Waals surface area contributed by atoms with Crippen LogP contribution in [0, 0.1) is 5.92 Å². The van der Waals surface area contributed by atoms with Gasteiger partial charge in [-0.05, 0) is 13.3 Å². The Balaban J connectivity index is 3.88. The second-order valence-electron chi connectivity index (χ2n) is 3.22. The van der Waals surface area contributed by atoms with E-state index < -0.39 is 5.79 Å². The lowest BCUT2D eigenvalue weighted by atomic mass is 10.1. The first kappa shape index (κ1) is 10.9. The van der Waals surface area contributed by atoms with Crippen molar-refractivity contribution in [1.29, 1.82) is 0 Å². The van der Waals surface area contributed by atoms with Crippen molar-refractivity contribution in [2.24, 2.45) is 5.92 Å². The molecule has 0 aromatic rings. The number of hydrogen-bond acceptors (Lipinski definition) is 2. The van der Waals surface area contributed by atoms with E-state index >= 15 is 0 Å². The van der Waals surface area contributed by atoms with Crippen LogP contribution >= 0.6 is 0 Å². The molecule has 0 saturated heterocycles. The summed E-state index contributed by atoms with van der Waals surface area (Å²) < 4.78 is 10.8. The Morgan fingerprint density at radius 3 is 2.18 bits per heavy atom. The second-order valence-corrected chi connectivity index (χ2v) is 3.22. The Morgan fingerprint density at radius 1 is 1.36 bits per heavy atom. The molecule has 68 valence electrons. The van der Waals surface area contributed by atoms with Crippen LogP contribution in [0.1, 0.15) is 34.1 Å². The molecule has 0 spiro atoms. The highest BCUT2D eigenvalue weighted by atomic mass is 16.7. The van der Waals surface area contributed by atoms with Crippen LogP contribution in [-0.2, 0) is 9.47 Å². The van der Waals surface area contributed by atoms with Crippen LogP contribution in [-0.4, -0.2) is 19.5 Å². The molecule has 0 fully saturated rings. The topological polar surface area (TPSA) is 18.5 Å². The Morgan fingerprint density at radius 2 is 1.91 bits per heavy atom. The van der Waals surface area contributed by atoms with Crippen molar-refractivity contribution in [3.8, 4) is 0 Å². The van der Waals surface area contributed by atoms with E-state index in [1.165, 1.54) is 0 Å². The van der Waals surface area contributed by atoms with Gasteiger partial charge in [0, 0.05) is 19.6 Å². The first-order chi connectivity index (χ1) is 5.06. The van der Waals surface area contributed by atoms with Crippen LogP contribution in [0.2, 0.25) is 0 Å².